The number of aromatic nitrogens is 2. The molecular weight excluding hydrogens is 376 g/mol. The number of aryl methyl sites for hydroxylation is 1. The Morgan fingerprint density at radius 3 is 3.00 bits per heavy atom. The molecular formula is C21H21ClN4O2. The number of benzene rings is 2. The van der Waals surface area contributed by atoms with Crippen LogP contribution in [0.2, 0.25) is 5.02 Å². The lowest BCUT2D eigenvalue weighted by Crippen LogP contribution is -2.44. The molecule has 2 amide bonds. The monoisotopic (exact) mass is 396 g/mol. The second-order valence-electron chi connectivity index (χ2n) is 7.17. The van der Waals surface area contributed by atoms with Gasteiger partial charge in [-0.05, 0) is 49.1 Å². The van der Waals surface area contributed by atoms with Crippen molar-refractivity contribution in [1.82, 2.24) is 20.4 Å². The maximum absolute atomic E-state index is 12.6. The molecule has 2 aromatic carbocycles. The number of rotatable bonds is 4. The van der Waals surface area contributed by atoms with Gasteiger partial charge in [0.15, 0.2) is 0 Å². The highest BCUT2D eigenvalue weighted by Gasteiger charge is 2.24. The predicted octanol–water partition coefficient (Wildman–Crippen LogP) is 3.43. The molecule has 1 heterocycles. The first-order valence-electron chi connectivity index (χ1n) is 9.31. The van der Waals surface area contributed by atoms with Crippen LogP contribution in [-0.4, -0.2) is 21.9 Å². The lowest BCUT2D eigenvalue weighted by Gasteiger charge is -2.19. The number of hydrogen-bond donors (Lipinski definition) is 2. The van der Waals surface area contributed by atoms with E-state index in [4.69, 9.17) is 11.6 Å². The maximum Gasteiger partial charge on any atom is 0.315 e. The summed E-state index contributed by atoms with van der Waals surface area (Å²) in [4.78, 5) is 25.0. The summed E-state index contributed by atoms with van der Waals surface area (Å²) in [6, 6.07) is 12.6. The first-order chi connectivity index (χ1) is 13.5. The molecule has 1 aromatic heterocycles. The quantitative estimate of drug-likeness (QED) is 0.709. The fourth-order valence-corrected chi connectivity index (χ4v) is 3.92. The predicted molar refractivity (Wildman–Crippen MR) is 110 cm³/mol. The summed E-state index contributed by atoms with van der Waals surface area (Å²) in [5.41, 5.74) is 2.13. The van der Waals surface area contributed by atoms with E-state index in [0.29, 0.717) is 17.0 Å². The van der Waals surface area contributed by atoms with Gasteiger partial charge in [0.1, 0.15) is 0 Å². The second-order valence-corrected chi connectivity index (χ2v) is 7.61. The van der Waals surface area contributed by atoms with E-state index in [1.807, 2.05) is 43.3 Å². The van der Waals surface area contributed by atoms with Crippen LogP contribution in [0, 0.1) is 0 Å². The highest BCUT2D eigenvalue weighted by molar-refractivity contribution is 6.30. The van der Waals surface area contributed by atoms with Gasteiger partial charge in [-0.2, -0.15) is 5.10 Å². The molecule has 144 valence electrons. The topological polar surface area (TPSA) is 76.0 Å². The Balaban J connectivity index is 1.39. The van der Waals surface area contributed by atoms with E-state index in [-0.39, 0.29) is 23.7 Å². The van der Waals surface area contributed by atoms with Crippen LogP contribution in [0.15, 0.2) is 53.5 Å². The van der Waals surface area contributed by atoms with Crippen LogP contribution < -0.4 is 16.2 Å². The van der Waals surface area contributed by atoms with Crippen LogP contribution in [0.3, 0.4) is 0 Å². The fraction of sp³-hybridized carbons (Fsp3) is 0.286. The number of carbonyl (C=O) groups excluding carboxylic acids is 1. The number of amides is 2. The SMILES string of the molecule is CC(Cn1ncc2ccccc2c1=O)NC(=O)N[C@@H]1CCc2cc(Cl)ccc21. The minimum atomic E-state index is -0.255. The van der Waals surface area contributed by atoms with Gasteiger partial charge in [0.25, 0.3) is 5.56 Å². The minimum absolute atomic E-state index is 0.0269. The molecule has 4 rings (SSSR count). The average Bonchev–Trinajstić information content (AvgIpc) is 3.05. The van der Waals surface area contributed by atoms with Crippen molar-refractivity contribution >= 4 is 28.4 Å². The van der Waals surface area contributed by atoms with Gasteiger partial charge >= 0.3 is 6.03 Å². The summed E-state index contributed by atoms with van der Waals surface area (Å²) in [7, 11) is 0. The first-order valence-corrected chi connectivity index (χ1v) is 9.69. The molecule has 2 N–H and O–H groups in total. The van der Waals surface area contributed by atoms with Gasteiger partial charge in [-0.3, -0.25) is 4.79 Å². The van der Waals surface area contributed by atoms with Crippen LogP contribution in [0.25, 0.3) is 10.8 Å². The Morgan fingerprint density at radius 2 is 2.14 bits per heavy atom. The highest BCUT2D eigenvalue weighted by Crippen LogP contribution is 2.32. The third-order valence-electron chi connectivity index (χ3n) is 5.07. The number of nitrogens with zero attached hydrogens (tertiary/aromatic N) is 2. The summed E-state index contributed by atoms with van der Waals surface area (Å²) in [6.07, 6.45) is 3.42. The summed E-state index contributed by atoms with van der Waals surface area (Å²) in [5, 5.41) is 12.3. The molecule has 2 atom stereocenters. The third-order valence-corrected chi connectivity index (χ3v) is 5.31. The molecule has 0 radical (unpaired) electrons. The Morgan fingerprint density at radius 1 is 1.32 bits per heavy atom. The summed E-state index contributed by atoms with van der Waals surface area (Å²) in [5.74, 6) is 0. The second kappa shape index (κ2) is 7.64. The zero-order valence-corrected chi connectivity index (χ0v) is 16.2. The normalized spacial score (nSPS) is 16.6. The van der Waals surface area contributed by atoms with E-state index in [9.17, 15) is 9.59 Å². The van der Waals surface area contributed by atoms with Gasteiger partial charge in [-0.1, -0.05) is 35.9 Å². The Labute approximate surface area is 167 Å². The summed E-state index contributed by atoms with van der Waals surface area (Å²) >= 11 is 6.04. The van der Waals surface area contributed by atoms with Crippen molar-refractivity contribution in [3.63, 3.8) is 0 Å². The number of urea groups is 1. The van der Waals surface area contributed by atoms with Crippen molar-refractivity contribution in [2.75, 3.05) is 0 Å². The van der Waals surface area contributed by atoms with Crippen molar-refractivity contribution in [1.29, 1.82) is 0 Å². The largest absolute Gasteiger partial charge is 0.334 e. The summed E-state index contributed by atoms with van der Waals surface area (Å²) in [6.45, 7) is 2.15. The molecule has 6 nitrogen and oxygen atoms in total. The molecule has 3 aromatic rings. The first kappa shape index (κ1) is 18.5. The molecule has 28 heavy (non-hydrogen) atoms. The molecule has 0 fully saturated rings. The lowest BCUT2D eigenvalue weighted by atomic mass is 10.1. The van der Waals surface area contributed by atoms with Gasteiger partial charge in [0, 0.05) is 16.5 Å². The Hall–Kier alpha value is -2.86. The van der Waals surface area contributed by atoms with Crippen molar-refractivity contribution in [3.8, 4) is 0 Å². The third kappa shape index (κ3) is 3.73. The van der Waals surface area contributed by atoms with Gasteiger partial charge in [0.05, 0.1) is 24.2 Å². The van der Waals surface area contributed by atoms with E-state index in [1.165, 1.54) is 10.2 Å². The van der Waals surface area contributed by atoms with E-state index in [0.717, 1.165) is 23.8 Å². The van der Waals surface area contributed by atoms with Gasteiger partial charge in [-0.25, -0.2) is 9.48 Å². The maximum atomic E-state index is 12.6. The minimum Gasteiger partial charge on any atom is -0.334 e. The zero-order chi connectivity index (χ0) is 19.7. The van der Waals surface area contributed by atoms with Crippen LogP contribution in [0.1, 0.15) is 30.5 Å². The number of nitrogens with one attached hydrogen (secondary N) is 2. The highest BCUT2D eigenvalue weighted by atomic mass is 35.5. The van der Waals surface area contributed by atoms with E-state index >= 15 is 0 Å². The molecule has 0 aliphatic heterocycles. The van der Waals surface area contributed by atoms with E-state index < -0.39 is 0 Å². The molecule has 0 saturated carbocycles. The van der Waals surface area contributed by atoms with Crippen molar-refractivity contribution < 1.29 is 4.79 Å². The van der Waals surface area contributed by atoms with Crippen LogP contribution in [-0.2, 0) is 13.0 Å². The van der Waals surface area contributed by atoms with Crippen molar-refractivity contribution in [2.45, 2.75) is 38.4 Å². The molecule has 1 aliphatic rings. The van der Waals surface area contributed by atoms with Crippen LogP contribution in [0.5, 0.6) is 0 Å². The van der Waals surface area contributed by atoms with Crippen molar-refractivity contribution in [2.24, 2.45) is 0 Å². The van der Waals surface area contributed by atoms with Gasteiger partial charge in [-0.15, -0.1) is 0 Å². The molecule has 7 heteroatoms. The average molecular weight is 397 g/mol. The smallest absolute Gasteiger partial charge is 0.315 e. The molecule has 0 saturated heterocycles. The van der Waals surface area contributed by atoms with Crippen molar-refractivity contribution in [3.05, 3.63) is 75.2 Å². The van der Waals surface area contributed by atoms with Gasteiger partial charge < -0.3 is 10.6 Å². The number of hydrogen-bond acceptors (Lipinski definition) is 3. The lowest BCUT2D eigenvalue weighted by molar-refractivity contribution is 0.232. The molecule has 0 spiro atoms. The fourth-order valence-electron chi connectivity index (χ4n) is 3.72. The zero-order valence-electron chi connectivity index (χ0n) is 15.5. The Kier molecular flexibility index (Phi) is 5.05. The Bertz CT molecular complexity index is 1100. The van der Waals surface area contributed by atoms with Crippen LogP contribution >= 0.6 is 11.6 Å². The summed E-state index contributed by atoms with van der Waals surface area (Å²) < 4.78 is 1.39. The standard InChI is InChI=1S/C21H21ClN4O2/c1-13(12-26-20(27)18-5-3-2-4-15(18)11-23-26)24-21(28)25-19-9-6-14-10-16(22)7-8-17(14)19/h2-5,7-8,10-11,13,19H,6,9,12H2,1H3,(H2,24,25,28)/t13?,19-/m1/s1. The van der Waals surface area contributed by atoms with Crippen LogP contribution in [0.4, 0.5) is 4.79 Å². The molecule has 1 aliphatic carbocycles. The number of fused-ring (bicyclic) bond motifs is 2. The molecule has 0 bridgehead atoms. The van der Waals surface area contributed by atoms with E-state index in [2.05, 4.69) is 15.7 Å². The number of halogens is 1. The van der Waals surface area contributed by atoms with Gasteiger partial charge in [0.2, 0.25) is 0 Å². The number of carbonyl (C=O) groups is 1. The molecule has 1 unspecified atom stereocenters. The van der Waals surface area contributed by atoms with E-state index in [1.54, 1.807) is 12.3 Å².